The quantitative estimate of drug-likeness (QED) is 0.827. The van der Waals surface area contributed by atoms with Gasteiger partial charge in [0, 0.05) is 5.56 Å². The Hall–Kier alpha value is -2.27. The summed E-state index contributed by atoms with van der Waals surface area (Å²) in [5.74, 6) is 0.892. The molecule has 0 saturated carbocycles. The van der Waals surface area contributed by atoms with Crippen LogP contribution in [0.2, 0.25) is 0 Å². The van der Waals surface area contributed by atoms with Crippen LogP contribution in [0.5, 0.6) is 5.75 Å². The first-order chi connectivity index (χ1) is 13.4. The molecule has 1 saturated heterocycles. The Balaban J connectivity index is 2.13. The first-order valence-electron chi connectivity index (χ1n) is 10.1. The number of hydrogen-bond acceptors (Lipinski definition) is 4. The molecule has 0 aliphatic carbocycles. The zero-order valence-corrected chi connectivity index (χ0v) is 17.4. The first-order valence-corrected chi connectivity index (χ1v) is 10.1. The van der Waals surface area contributed by atoms with Crippen LogP contribution in [0.1, 0.15) is 52.2 Å². The maximum atomic E-state index is 13.1. The van der Waals surface area contributed by atoms with Crippen molar-refractivity contribution in [3.05, 3.63) is 52.4 Å². The van der Waals surface area contributed by atoms with E-state index in [1.54, 1.807) is 6.20 Å². The van der Waals surface area contributed by atoms with E-state index < -0.39 is 6.10 Å². The summed E-state index contributed by atoms with van der Waals surface area (Å²) in [4.78, 5) is 18.4. The highest BCUT2D eigenvalue weighted by Gasteiger charge is 2.39. The van der Waals surface area contributed by atoms with Crippen LogP contribution in [0, 0.1) is 17.8 Å². The van der Waals surface area contributed by atoms with E-state index >= 15 is 0 Å². The molecule has 1 fully saturated rings. The highest BCUT2D eigenvalue weighted by molar-refractivity contribution is 5.70. The molecule has 152 valence electrons. The standard InChI is InChI=1S/C23H31NO4/c1-6-14(2)21-15(3)12-16(4)22(28-21)19-20(25)18(13-24(27-5)23(19)26)17-10-8-7-9-11-17/h7-11,13-16,21-22,25H,6,12H2,1-5H3/t14-,15+,16-,21-,22-/m1/s1. The lowest BCUT2D eigenvalue weighted by atomic mass is 9.79. The molecule has 5 atom stereocenters. The third-order valence-electron chi connectivity index (χ3n) is 6.08. The van der Waals surface area contributed by atoms with Crippen LogP contribution in [0.4, 0.5) is 0 Å². The molecule has 0 bridgehead atoms. The summed E-state index contributed by atoms with van der Waals surface area (Å²) in [6.07, 6.45) is 3.09. The summed E-state index contributed by atoms with van der Waals surface area (Å²) < 4.78 is 7.66. The third-order valence-corrected chi connectivity index (χ3v) is 6.08. The van der Waals surface area contributed by atoms with Crippen molar-refractivity contribution in [3.8, 4) is 16.9 Å². The Kier molecular flexibility index (Phi) is 6.14. The van der Waals surface area contributed by atoms with Crippen molar-refractivity contribution >= 4 is 0 Å². The molecule has 1 N–H and O–H groups in total. The van der Waals surface area contributed by atoms with E-state index in [1.807, 2.05) is 30.3 Å². The molecule has 28 heavy (non-hydrogen) atoms. The molecule has 2 heterocycles. The van der Waals surface area contributed by atoms with Gasteiger partial charge in [-0.3, -0.25) is 4.79 Å². The minimum Gasteiger partial charge on any atom is -0.507 e. The third kappa shape index (κ3) is 3.68. The van der Waals surface area contributed by atoms with Crippen LogP contribution in [0.25, 0.3) is 11.1 Å². The number of rotatable bonds is 5. The molecule has 1 aromatic heterocycles. The van der Waals surface area contributed by atoms with E-state index in [0.29, 0.717) is 17.4 Å². The zero-order valence-electron chi connectivity index (χ0n) is 17.4. The average molecular weight is 386 g/mol. The van der Waals surface area contributed by atoms with Gasteiger partial charge in [-0.1, -0.05) is 64.4 Å². The Morgan fingerprint density at radius 1 is 1.25 bits per heavy atom. The van der Waals surface area contributed by atoms with Gasteiger partial charge < -0.3 is 14.7 Å². The number of pyridine rings is 1. The summed E-state index contributed by atoms with van der Waals surface area (Å²) in [6.45, 7) is 8.62. The summed E-state index contributed by atoms with van der Waals surface area (Å²) in [5, 5.41) is 11.1. The van der Waals surface area contributed by atoms with E-state index in [9.17, 15) is 9.90 Å². The molecule has 0 radical (unpaired) electrons. The molecule has 3 rings (SSSR count). The largest absolute Gasteiger partial charge is 0.507 e. The lowest BCUT2D eigenvalue weighted by Crippen LogP contribution is -2.41. The Labute approximate surface area is 166 Å². The average Bonchev–Trinajstić information content (AvgIpc) is 2.70. The highest BCUT2D eigenvalue weighted by Crippen LogP contribution is 2.44. The van der Waals surface area contributed by atoms with Crippen molar-refractivity contribution < 1.29 is 14.7 Å². The van der Waals surface area contributed by atoms with Crippen LogP contribution in [-0.2, 0) is 4.74 Å². The molecule has 0 spiro atoms. The smallest absolute Gasteiger partial charge is 0.292 e. The maximum Gasteiger partial charge on any atom is 0.292 e. The van der Waals surface area contributed by atoms with Crippen LogP contribution < -0.4 is 10.4 Å². The van der Waals surface area contributed by atoms with E-state index in [-0.39, 0.29) is 28.9 Å². The van der Waals surface area contributed by atoms with Gasteiger partial charge in [-0.2, -0.15) is 4.73 Å². The molecule has 0 amide bonds. The van der Waals surface area contributed by atoms with Crippen molar-refractivity contribution in [2.24, 2.45) is 17.8 Å². The van der Waals surface area contributed by atoms with Crippen LogP contribution >= 0.6 is 0 Å². The van der Waals surface area contributed by atoms with Crippen molar-refractivity contribution in [1.29, 1.82) is 0 Å². The lowest BCUT2D eigenvalue weighted by molar-refractivity contribution is -0.132. The second-order valence-electron chi connectivity index (χ2n) is 8.08. The monoisotopic (exact) mass is 385 g/mol. The van der Waals surface area contributed by atoms with Crippen molar-refractivity contribution in [1.82, 2.24) is 4.73 Å². The number of nitrogens with zero attached hydrogens (tertiary/aromatic N) is 1. The van der Waals surface area contributed by atoms with Crippen LogP contribution in [-0.4, -0.2) is 23.1 Å². The molecular formula is C23H31NO4. The summed E-state index contributed by atoms with van der Waals surface area (Å²) in [7, 11) is 1.45. The second kappa shape index (κ2) is 8.39. The Morgan fingerprint density at radius 2 is 1.93 bits per heavy atom. The van der Waals surface area contributed by atoms with Crippen LogP contribution in [0.3, 0.4) is 0 Å². The normalized spacial score (nSPS) is 26.0. The van der Waals surface area contributed by atoms with E-state index in [4.69, 9.17) is 9.57 Å². The van der Waals surface area contributed by atoms with Gasteiger partial charge in [0.15, 0.2) is 0 Å². The maximum absolute atomic E-state index is 13.1. The minimum atomic E-state index is -0.465. The summed E-state index contributed by atoms with van der Waals surface area (Å²) in [6, 6.07) is 9.52. The molecule has 1 aliphatic rings. The van der Waals surface area contributed by atoms with Gasteiger partial charge in [0.2, 0.25) is 0 Å². The Bertz CT molecular complexity index is 861. The molecule has 1 aromatic carbocycles. The molecule has 1 aliphatic heterocycles. The topological polar surface area (TPSA) is 60.7 Å². The number of ether oxygens (including phenoxy) is 1. The van der Waals surface area contributed by atoms with E-state index in [1.165, 1.54) is 11.8 Å². The van der Waals surface area contributed by atoms with Gasteiger partial charge in [0.05, 0.1) is 24.0 Å². The van der Waals surface area contributed by atoms with E-state index in [2.05, 4.69) is 27.7 Å². The minimum absolute atomic E-state index is 0.0150. The van der Waals surface area contributed by atoms with Crippen molar-refractivity contribution in [3.63, 3.8) is 0 Å². The number of benzene rings is 1. The van der Waals surface area contributed by atoms with Gasteiger partial charge in [0.1, 0.15) is 12.9 Å². The summed E-state index contributed by atoms with van der Waals surface area (Å²) in [5.41, 5.74) is 1.30. The predicted molar refractivity (Wildman–Crippen MR) is 110 cm³/mol. The lowest BCUT2D eigenvalue weighted by Gasteiger charge is -2.42. The van der Waals surface area contributed by atoms with Gasteiger partial charge in [0.25, 0.3) is 5.56 Å². The summed E-state index contributed by atoms with van der Waals surface area (Å²) >= 11 is 0. The second-order valence-corrected chi connectivity index (χ2v) is 8.08. The zero-order chi connectivity index (χ0) is 20.4. The van der Waals surface area contributed by atoms with E-state index in [0.717, 1.165) is 18.4 Å². The fraction of sp³-hybridized carbons (Fsp3) is 0.522. The number of aromatic hydroxyl groups is 1. The fourth-order valence-electron chi connectivity index (χ4n) is 4.38. The first kappa shape index (κ1) is 20.5. The number of hydrogen-bond donors (Lipinski definition) is 1. The predicted octanol–water partition coefficient (Wildman–Crippen LogP) is 4.43. The van der Waals surface area contributed by atoms with Crippen LogP contribution in [0.15, 0.2) is 41.3 Å². The fourth-order valence-corrected chi connectivity index (χ4v) is 4.38. The SMILES string of the molecule is CC[C@@H](C)[C@H]1O[C@@H](c2c(O)c(-c3ccccc3)cn(OC)c2=O)[C@H](C)C[C@@H]1C. The van der Waals surface area contributed by atoms with Gasteiger partial charge in [-0.05, 0) is 29.7 Å². The van der Waals surface area contributed by atoms with Crippen molar-refractivity contribution in [2.75, 3.05) is 7.11 Å². The highest BCUT2D eigenvalue weighted by atomic mass is 16.6. The molecule has 2 aromatic rings. The van der Waals surface area contributed by atoms with Gasteiger partial charge in [-0.25, -0.2) is 0 Å². The Morgan fingerprint density at radius 3 is 2.54 bits per heavy atom. The van der Waals surface area contributed by atoms with Gasteiger partial charge in [-0.15, -0.1) is 0 Å². The molecule has 5 nitrogen and oxygen atoms in total. The number of aromatic nitrogens is 1. The van der Waals surface area contributed by atoms with Crippen molar-refractivity contribution in [2.45, 2.75) is 52.7 Å². The molecular weight excluding hydrogens is 354 g/mol. The molecule has 0 unspecified atom stereocenters. The van der Waals surface area contributed by atoms with Gasteiger partial charge >= 0.3 is 0 Å². The molecule has 5 heteroatoms.